The third kappa shape index (κ3) is 3.25. The third-order valence-corrected chi connectivity index (χ3v) is 3.88. The fourth-order valence-corrected chi connectivity index (χ4v) is 2.81. The molecule has 1 fully saturated rings. The van der Waals surface area contributed by atoms with Crippen LogP contribution in [0.15, 0.2) is 18.3 Å². The Morgan fingerprint density at radius 2 is 2.16 bits per heavy atom. The van der Waals surface area contributed by atoms with Crippen LogP contribution in [-0.4, -0.2) is 35.4 Å². The molecule has 4 nitrogen and oxygen atoms in total. The standard InChI is InChI=1S/C15H23N3O/c1-3-18(13-7-5-4-6-8-13)15(19)14-11-12(16-2)9-10-17-14/h9-11,13H,3-8H2,1-2H3,(H,16,17). The van der Waals surface area contributed by atoms with Crippen molar-refractivity contribution in [3.05, 3.63) is 24.0 Å². The number of amides is 1. The van der Waals surface area contributed by atoms with Gasteiger partial charge in [0.2, 0.25) is 0 Å². The second-order valence-electron chi connectivity index (χ2n) is 5.06. The summed E-state index contributed by atoms with van der Waals surface area (Å²) in [5, 5.41) is 3.05. The molecule has 19 heavy (non-hydrogen) atoms. The Labute approximate surface area is 115 Å². The number of carbonyl (C=O) groups excluding carboxylic acids is 1. The van der Waals surface area contributed by atoms with Crippen LogP contribution >= 0.6 is 0 Å². The molecule has 1 aliphatic rings. The van der Waals surface area contributed by atoms with Crippen molar-refractivity contribution in [2.24, 2.45) is 0 Å². The lowest BCUT2D eigenvalue weighted by atomic mass is 9.94. The maximum atomic E-state index is 12.6. The average molecular weight is 261 g/mol. The van der Waals surface area contributed by atoms with Gasteiger partial charge in [-0.25, -0.2) is 0 Å². The summed E-state index contributed by atoms with van der Waals surface area (Å²) < 4.78 is 0. The molecule has 1 saturated carbocycles. The van der Waals surface area contributed by atoms with E-state index >= 15 is 0 Å². The number of hydrogen-bond acceptors (Lipinski definition) is 3. The first-order chi connectivity index (χ1) is 9.26. The Balaban J connectivity index is 2.14. The zero-order valence-corrected chi connectivity index (χ0v) is 11.9. The molecular formula is C15H23N3O. The van der Waals surface area contributed by atoms with Crippen LogP contribution in [0.3, 0.4) is 0 Å². The molecule has 1 amide bonds. The molecule has 0 aliphatic heterocycles. The second-order valence-corrected chi connectivity index (χ2v) is 5.06. The molecule has 0 spiro atoms. The van der Waals surface area contributed by atoms with Gasteiger partial charge in [-0.05, 0) is 31.9 Å². The first-order valence-corrected chi connectivity index (χ1v) is 7.21. The molecule has 1 aliphatic carbocycles. The average Bonchev–Trinajstić information content (AvgIpc) is 2.49. The van der Waals surface area contributed by atoms with Gasteiger partial charge in [0, 0.05) is 31.5 Å². The maximum absolute atomic E-state index is 12.6. The van der Waals surface area contributed by atoms with Gasteiger partial charge in [-0.15, -0.1) is 0 Å². The molecule has 1 aromatic rings. The molecule has 2 rings (SSSR count). The lowest BCUT2D eigenvalue weighted by molar-refractivity contribution is 0.0642. The Hall–Kier alpha value is -1.58. The van der Waals surface area contributed by atoms with Crippen molar-refractivity contribution in [1.82, 2.24) is 9.88 Å². The molecule has 0 unspecified atom stereocenters. The Morgan fingerprint density at radius 1 is 1.42 bits per heavy atom. The normalized spacial score (nSPS) is 16.1. The Morgan fingerprint density at radius 3 is 2.79 bits per heavy atom. The van der Waals surface area contributed by atoms with E-state index in [4.69, 9.17) is 0 Å². The summed E-state index contributed by atoms with van der Waals surface area (Å²) in [6, 6.07) is 4.09. The quantitative estimate of drug-likeness (QED) is 0.906. The van der Waals surface area contributed by atoms with Crippen LogP contribution in [0.25, 0.3) is 0 Å². The van der Waals surface area contributed by atoms with Crippen molar-refractivity contribution in [2.45, 2.75) is 45.1 Å². The number of anilines is 1. The number of rotatable bonds is 4. The first-order valence-electron chi connectivity index (χ1n) is 7.21. The number of nitrogens with one attached hydrogen (secondary N) is 1. The summed E-state index contributed by atoms with van der Waals surface area (Å²) in [5.41, 5.74) is 1.47. The number of nitrogens with zero attached hydrogens (tertiary/aromatic N) is 2. The second kappa shape index (κ2) is 6.55. The highest BCUT2D eigenvalue weighted by molar-refractivity contribution is 5.93. The highest BCUT2D eigenvalue weighted by Crippen LogP contribution is 2.23. The lowest BCUT2D eigenvalue weighted by Crippen LogP contribution is -2.41. The molecule has 0 bridgehead atoms. The van der Waals surface area contributed by atoms with Crippen LogP contribution in [0.2, 0.25) is 0 Å². The van der Waals surface area contributed by atoms with Crippen molar-refractivity contribution in [3.8, 4) is 0 Å². The van der Waals surface area contributed by atoms with Crippen molar-refractivity contribution in [1.29, 1.82) is 0 Å². The maximum Gasteiger partial charge on any atom is 0.272 e. The van der Waals surface area contributed by atoms with E-state index < -0.39 is 0 Å². The Bertz CT molecular complexity index is 427. The van der Waals surface area contributed by atoms with Crippen molar-refractivity contribution >= 4 is 11.6 Å². The SMILES string of the molecule is CCN(C(=O)c1cc(NC)ccn1)C1CCCCC1. The predicted molar refractivity (Wildman–Crippen MR) is 77.4 cm³/mol. The molecule has 1 N–H and O–H groups in total. The smallest absolute Gasteiger partial charge is 0.272 e. The van der Waals surface area contributed by atoms with Crippen LogP contribution in [-0.2, 0) is 0 Å². The molecule has 104 valence electrons. The number of carbonyl (C=O) groups is 1. The van der Waals surface area contributed by atoms with E-state index in [0.29, 0.717) is 11.7 Å². The minimum absolute atomic E-state index is 0.0616. The molecule has 4 heteroatoms. The van der Waals surface area contributed by atoms with Gasteiger partial charge in [-0.2, -0.15) is 0 Å². The fraction of sp³-hybridized carbons (Fsp3) is 0.600. The highest BCUT2D eigenvalue weighted by Gasteiger charge is 2.25. The van der Waals surface area contributed by atoms with Gasteiger partial charge in [0.1, 0.15) is 5.69 Å². The van der Waals surface area contributed by atoms with Crippen molar-refractivity contribution < 1.29 is 4.79 Å². The predicted octanol–water partition coefficient (Wildman–Crippen LogP) is 2.92. The van der Waals surface area contributed by atoms with Crippen molar-refractivity contribution in [3.63, 3.8) is 0 Å². The van der Waals surface area contributed by atoms with Crippen LogP contribution in [0.4, 0.5) is 5.69 Å². The molecule has 1 aromatic heterocycles. The van der Waals surface area contributed by atoms with Gasteiger partial charge in [0.05, 0.1) is 0 Å². The number of aromatic nitrogens is 1. The molecule has 0 saturated heterocycles. The largest absolute Gasteiger partial charge is 0.388 e. The summed E-state index contributed by atoms with van der Waals surface area (Å²) in [7, 11) is 1.85. The molecule has 0 aromatic carbocycles. The van der Waals surface area contributed by atoms with E-state index in [1.54, 1.807) is 6.20 Å². The minimum Gasteiger partial charge on any atom is -0.388 e. The van der Waals surface area contributed by atoms with E-state index in [-0.39, 0.29) is 5.91 Å². The van der Waals surface area contributed by atoms with Crippen LogP contribution in [0.5, 0.6) is 0 Å². The van der Waals surface area contributed by atoms with Crippen LogP contribution < -0.4 is 5.32 Å². The summed E-state index contributed by atoms with van der Waals surface area (Å²) in [6.07, 6.45) is 7.72. The van der Waals surface area contributed by atoms with Gasteiger partial charge in [-0.1, -0.05) is 19.3 Å². The third-order valence-electron chi connectivity index (χ3n) is 3.88. The first kappa shape index (κ1) is 13.8. The molecule has 1 heterocycles. The van der Waals surface area contributed by atoms with Crippen LogP contribution in [0, 0.1) is 0 Å². The molecule has 0 atom stereocenters. The lowest BCUT2D eigenvalue weighted by Gasteiger charge is -2.33. The van der Waals surface area contributed by atoms with Crippen LogP contribution in [0.1, 0.15) is 49.5 Å². The molecular weight excluding hydrogens is 238 g/mol. The zero-order valence-electron chi connectivity index (χ0n) is 11.9. The van der Waals surface area contributed by atoms with Gasteiger partial charge >= 0.3 is 0 Å². The summed E-state index contributed by atoms with van der Waals surface area (Å²) in [5.74, 6) is 0.0616. The monoisotopic (exact) mass is 261 g/mol. The minimum atomic E-state index is 0.0616. The van der Waals surface area contributed by atoms with Gasteiger partial charge in [0.15, 0.2) is 0 Å². The zero-order chi connectivity index (χ0) is 13.7. The molecule has 0 radical (unpaired) electrons. The van der Waals surface area contributed by atoms with Gasteiger partial charge < -0.3 is 10.2 Å². The van der Waals surface area contributed by atoms with E-state index in [1.807, 2.05) is 24.1 Å². The van der Waals surface area contributed by atoms with Gasteiger partial charge in [-0.3, -0.25) is 9.78 Å². The summed E-state index contributed by atoms with van der Waals surface area (Å²) in [6.45, 7) is 2.81. The van der Waals surface area contributed by atoms with E-state index in [2.05, 4.69) is 17.2 Å². The topological polar surface area (TPSA) is 45.2 Å². The number of pyridine rings is 1. The van der Waals surface area contributed by atoms with E-state index in [9.17, 15) is 4.79 Å². The summed E-state index contributed by atoms with van der Waals surface area (Å²) >= 11 is 0. The van der Waals surface area contributed by atoms with E-state index in [0.717, 1.165) is 25.1 Å². The van der Waals surface area contributed by atoms with Gasteiger partial charge in [0.25, 0.3) is 5.91 Å². The van der Waals surface area contributed by atoms with Crippen molar-refractivity contribution in [2.75, 3.05) is 18.9 Å². The van der Waals surface area contributed by atoms with E-state index in [1.165, 1.54) is 19.3 Å². The number of hydrogen-bond donors (Lipinski definition) is 1. The fourth-order valence-electron chi connectivity index (χ4n) is 2.81. The summed E-state index contributed by atoms with van der Waals surface area (Å²) in [4.78, 5) is 18.8. The highest BCUT2D eigenvalue weighted by atomic mass is 16.2. The Kier molecular flexibility index (Phi) is 4.77.